The number of guanidine groups is 1. The fourth-order valence-corrected chi connectivity index (χ4v) is 8.02. The van der Waals surface area contributed by atoms with Gasteiger partial charge in [0, 0.05) is 63.5 Å². The molecular formula is C42H54N14O6. The van der Waals surface area contributed by atoms with Gasteiger partial charge in [0.15, 0.2) is 0 Å². The van der Waals surface area contributed by atoms with E-state index in [1.165, 1.54) is 7.11 Å². The van der Waals surface area contributed by atoms with Crippen molar-refractivity contribution in [2.24, 2.45) is 16.5 Å². The Morgan fingerprint density at radius 1 is 0.935 bits per heavy atom. The van der Waals surface area contributed by atoms with E-state index < -0.39 is 35.7 Å². The van der Waals surface area contributed by atoms with Crippen LogP contribution in [-0.2, 0) is 29.0 Å². The van der Waals surface area contributed by atoms with Gasteiger partial charge in [0.2, 0.25) is 23.7 Å². The number of aliphatic imine (C=N–C) groups is 1. The molecule has 2 unspecified atom stereocenters. The van der Waals surface area contributed by atoms with E-state index in [0.29, 0.717) is 70.6 Å². The topological polar surface area (TPSA) is 258 Å². The van der Waals surface area contributed by atoms with Crippen LogP contribution in [0.2, 0.25) is 0 Å². The zero-order valence-electron chi connectivity index (χ0n) is 35.7. The summed E-state index contributed by atoms with van der Waals surface area (Å²) in [6.45, 7) is 13.7. The zero-order valence-corrected chi connectivity index (χ0v) is 35.7. The van der Waals surface area contributed by atoms with Crippen LogP contribution in [0.25, 0.3) is 11.0 Å². The normalized spacial score (nSPS) is 17.8. The molecule has 20 heteroatoms. The number of allylic oxidation sites excluding steroid dienone is 1. The number of hydrogen-bond donors (Lipinski definition) is 6. The van der Waals surface area contributed by atoms with Crippen LogP contribution in [0.1, 0.15) is 68.6 Å². The van der Waals surface area contributed by atoms with Crippen molar-refractivity contribution in [1.82, 2.24) is 50.0 Å². The fraction of sp³-hybridized carbons (Fsp3) is 0.429. The van der Waals surface area contributed by atoms with E-state index in [1.807, 2.05) is 44.7 Å². The summed E-state index contributed by atoms with van der Waals surface area (Å²) in [4.78, 5) is 69.5. The number of ether oxygens (including phenoxy) is 2. The number of nitrogens with two attached hydrogens (primary N) is 2. The first-order chi connectivity index (χ1) is 29.9. The van der Waals surface area contributed by atoms with Crippen LogP contribution in [0.15, 0.2) is 58.8 Å². The number of rotatable bonds is 17. The van der Waals surface area contributed by atoms with Gasteiger partial charge in [-0.15, -0.1) is 0 Å². The maximum absolute atomic E-state index is 13.8. The number of carbonyl (C=O) groups is 4. The third-order valence-corrected chi connectivity index (χ3v) is 11.0. The SMILES string of the molecule is CCn1nc(C)cc1C(=O)NC1=NC2C=C(C(N)=O)C=C(OCCCN3CCNCC3)C2N1C/C=C/Cc1c(C(N)=O)cc(OC)c2[nH]c(NC(=O)c3cc(C)nn3CC)nc12. The molecule has 3 aromatic heterocycles. The Kier molecular flexibility index (Phi) is 13.2. The number of anilines is 1. The molecule has 20 nitrogen and oxygen atoms in total. The van der Waals surface area contributed by atoms with Gasteiger partial charge in [-0.1, -0.05) is 12.2 Å². The monoisotopic (exact) mass is 850 g/mol. The minimum atomic E-state index is -0.686. The van der Waals surface area contributed by atoms with Crippen LogP contribution in [-0.4, -0.2) is 134 Å². The summed E-state index contributed by atoms with van der Waals surface area (Å²) in [6, 6.07) is 3.82. The first-order valence-corrected chi connectivity index (χ1v) is 20.8. The van der Waals surface area contributed by atoms with Crippen LogP contribution < -0.4 is 32.2 Å². The van der Waals surface area contributed by atoms with Crippen LogP contribution in [0.5, 0.6) is 5.75 Å². The van der Waals surface area contributed by atoms with Crippen molar-refractivity contribution in [2.75, 3.05) is 58.3 Å². The molecule has 2 aliphatic heterocycles. The Bertz CT molecular complexity index is 2490. The van der Waals surface area contributed by atoms with Gasteiger partial charge in [-0.3, -0.25) is 39.2 Å². The standard InChI is InChI=1S/C42H54N14O6/c1-6-55-30(19-24(3)51-55)39(59)49-41-47-34-27(28(38(44)58)23-32(61-5)35(34)48-41)11-8-9-15-54-36-29(46-42(54)50-40(60)31-20-25(4)52-56(31)7-2)21-26(37(43)57)22-33(36)62-18-10-14-53-16-12-45-13-17-53/h8-9,19-23,29,36,45H,6-7,10-18H2,1-5H3,(H2,43,57)(H2,44,58)(H,46,50,60)(H2,47,48,49,59)/b9-8+. The minimum absolute atomic E-state index is 0.143. The van der Waals surface area contributed by atoms with E-state index in [-0.39, 0.29) is 36.0 Å². The van der Waals surface area contributed by atoms with E-state index >= 15 is 0 Å². The summed E-state index contributed by atoms with van der Waals surface area (Å²) in [5.74, 6) is -0.894. The average molecular weight is 851 g/mol. The van der Waals surface area contributed by atoms with Crippen molar-refractivity contribution in [3.05, 3.63) is 87.7 Å². The molecule has 8 N–H and O–H groups in total. The molecular weight excluding hydrogens is 797 g/mol. The van der Waals surface area contributed by atoms with Gasteiger partial charge in [-0.2, -0.15) is 10.2 Å². The molecule has 1 saturated heterocycles. The lowest BCUT2D eigenvalue weighted by Crippen LogP contribution is -2.48. The Morgan fingerprint density at radius 2 is 1.61 bits per heavy atom. The summed E-state index contributed by atoms with van der Waals surface area (Å²) in [5.41, 5.74) is 15.6. The van der Waals surface area contributed by atoms with Gasteiger partial charge >= 0.3 is 0 Å². The van der Waals surface area contributed by atoms with Crippen LogP contribution in [0.3, 0.4) is 0 Å². The largest absolute Gasteiger partial charge is 0.496 e. The molecule has 1 aromatic carbocycles. The zero-order chi connectivity index (χ0) is 44.1. The first kappa shape index (κ1) is 43.3. The summed E-state index contributed by atoms with van der Waals surface area (Å²) in [5, 5.41) is 18.0. The molecule has 7 rings (SSSR count). The summed E-state index contributed by atoms with van der Waals surface area (Å²) in [7, 11) is 1.46. The lowest BCUT2D eigenvalue weighted by atomic mass is 9.95. The Balaban J connectivity index is 1.17. The number of methoxy groups -OCH3 is 1. The molecule has 0 radical (unpaired) electrons. The third-order valence-electron chi connectivity index (χ3n) is 11.0. The maximum Gasteiger partial charge on any atom is 0.276 e. The lowest BCUT2D eigenvalue weighted by Gasteiger charge is -2.33. The summed E-state index contributed by atoms with van der Waals surface area (Å²) < 4.78 is 15.3. The van der Waals surface area contributed by atoms with Crippen LogP contribution in [0, 0.1) is 13.8 Å². The van der Waals surface area contributed by atoms with Crippen molar-refractivity contribution in [1.29, 1.82) is 0 Å². The molecule has 0 saturated carbocycles. The molecule has 328 valence electrons. The second-order valence-electron chi connectivity index (χ2n) is 15.2. The van der Waals surface area contributed by atoms with Gasteiger partial charge in [0.25, 0.3) is 11.8 Å². The first-order valence-electron chi connectivity index (χ1n) is 20.8. The number of fused-ring (bicyclic) bond motifs is 2. The van der Waals surface area contributed by atoms with Crippen molar-refractivity contribution < 1.29 is 28.7 Å². The number of aromatic nitrogens is 6. The molecule has 4 aromatic rings. The molecule has 62 heavy (non-hydrogen) atoms. The molecule has 5 heterocycles. The predicted molar refractivity (Wildman–Crippen MR) is 232 cm³/mol. The second kappa shape index (κ2) is 18.9. The van der Waals surface area contributed by atoms with E-state index in [9.17, 15) is 19.2 Å². The lowest BCUT2D eigenvalue weighted by molar-refractivity contribution is -0.114. The highest BCUT2D eigenvalue weighted by molar-refractivity contribution is 6.07. The number of aryl methyl sites for hydroxylation is 4. The van der Waals surface area contributed by atoms with Crippen LogP contribution >= 0.6 is 0 Å². The van der Waals surface area contributed by atoms with E-state index in [4.69, 9.17) is 30.9 Å². The third kappa shape index (κ3) is 9.25. The molecule has 3 aliphatic rings. The summed E-state index contributed by atoms with van der Waals surface area (Å²) in [6.07, 6.45) is 8.04. The molecule has 1 fully saturated rings. The number of nitrogens with one attached hydrogen (secondary N) is 4. The number of benzene rings is 1. The number of aromatic amines is 1. The number of hydrogen-bond acceptors (Lipinski definition) is 13. The highest BCUT2D eigenvalue weighted by Gasteiger charge is 2.42. The smallest absolute Gasteiger partial charge is 0.276 e. The number of nitrogens with zero attached hydrogens (tertiary/aromatic N) is 8. The second-order valence-corrected chi connectivity index (χ2v) is 15.2. The fourth-order valence-electron chi connectivity index (χ4n) is 8.02. The van der Waals surface area contributed by atoms with Crippen LogP contribution in [0.4, 0.5) is 5.95 Å². The maximum atomic E-state index is 13.8. The number of amides is 4. The van der Waals surface area contributed by atoms with Crippen molar-refractivity contribution in [3.63, 3.8) is 0 Å². The van der Waals surface area contributed by atoms with Crippen molar-refractivity contribution in [2.45, 2.75) is 65.7 Å². The molecule has 0 bridgehead atoms. The molecule has 0 spiro atoms. The van der Waals surface area contributed by atoms with E-state index in [2.05, 4.69) is 36.0 Å². The van der Waals surface area contributed by atoms with Gasteiger partial charge in [0.05, 0.1) is 30.6 Å². The number of carbonyl (C=O) groups excluding carboxylic acids is 4. The summed E-state index contributed by atoms with van der Waals surface area (Å²) >= 11 is 0. The Morgan fingerprint density at radius 3 is 2.24 bits per heavy atom. The Hall–Kier alpha value is -6.80. The van der Waals surface area contributed by atoms with Gasteiger partial charge in [0.1, 0.15) is 40.5 Å². The van der Waals surface area contributed by atoms with E-state index in [0.717, 1.165) is 39.1 Å². The number of imidazole rings is 1. The predicted octanol–water partition coefficient (Wildman–Crippen LogP) is 1.53. The van der Waals surface area contributed by atoms with Gasteiger partial charge in [-0.05, 0) is 76.5 Å². The van der Waals surface area contributed by atoms with Crippen molar-refractivity contribution >= 4 is 46.6 Å². The average Bonchev–Trinajstić information content (AvgIpc) is 4.04. The number of piperazine rings is 1. The number of primary amides is 2. The molecule has 2 atom stereocenters. The Labute approximate surface area is 358 Å². The highest BCUT2D eigenvalue weighted by atomic mass is 16.5. The highest BCUT2D eigenvalue weighted by Crippen LogP contribution is 2.33. The quantitative estimate of drug-likeness (QED) is 0.0654. The van der Waals surface area contributed by atoms with Gasteiger partial charge < -0.3 is 41.0 Å². The molecule has 4 amide bonds. The molecule has 1 aliphatic carbocycles. The van der Waals surface area contributed by atoms with E-state index in [1.54, 1.807) is 39.7 Å². The van der Waals surface area contributed by atoms with Gasteiger partial charge in [-0.25, -0.2) is 9.98 Å². The number of H-pyrrole nitrogens is 1. The minimum Gasteiger partial charge on any atom is -0.496 e. The van der Waals surface area contributed by atoms with Crippen molar-refractivity contribution in [3.8, 4) is 5.75 Å².